The molecule has 1 saturated carbocycles. The molecule has 0 aliphatic heterocycles. The largest absolute Gasteiger partial charge is 0.466 e. The minimum atomic E-state index is -0.748. The third-order valence-corrected chi connectivity index (χ3v) is 2.85. The van der Waals surface area contributed by atoms with Gasteiger partial charge in [0.1, 0.15) is 5.60 Å². The molecule has 6 nitrogen and oxygen atoms in total. The van der Waals surface area contributed by atoms with Crippen molar-refractivity contribution in [2.24, 2.45) is 5.92 Å². The number of hydrogen-bond donors (Lipinski definition) is 2. The van der Waals surface area contributed by atoms with Crippen molar-refractivity contribution in [3.63, 3.8) is 0 Å². The van der Waals surface area contributed by atoms with E-state index in [0.717, 1.165) is 0 Å². The van der Waals surface area contributed by atoms with Gasteiger partial charge in [0.15, 0.2) is 0 Å². The Morgan fingerprint density at radius 1 is 1.32 bits per heavy atom. The van der Waals surface area contributed by atoms with Gasteiger partial charge in [0.2, 0.25) is 0 Å². The summed E-state index contributed by atoms with van der Waals surface area (Å²) in [6.45, 7) is 7.34. The second-order valence-corrected chi connectivity index (χ2v) is 5.74. The molecular weight excluding hydrogens is 250 g/mol. The smallest absolute Gasteiger partial charge is 0.407 e. The lowest BCUT2D eigenvalue weighted by molar-refractivity contribution is -0.148. The van der Waals surface area contributed by atoms with E-state index in [2.05, 4.69) is 5.32 Å². The molecule has 1 aliphatic carbocycles. The van der Waals surface area contributed by atoms with Gasteiger partial charge in [0.05, 0.1) is 24.7 Å². The van der Waals surface area contributed by atoms with Gasteiger partial charge in [-0.2, -0.15) is 0 Å². The van der Waals surface area contributed by atoms with Crippen molar-refractivity contribution in [3.05, 3.63) is 0 Å². The van der Waals surface area contributed by atoms with Crippen LogP contribution in [0.25, 0.3) is 0 Å². The van der Waals surface area contributed by atoms with E-state index in [1.807, 2.05) is 0 Å². The highest BCUT2D eigenvalue weighted by Crippen LogP contribution is 2.27. The fourth-order valence-corrected chi connectivity index (χ4v) is 2.08. The fourth-order valence-electron chi connectivity index (χ4n) is 2.08. The number of rotatable bonds is 3. The fraction of sp³-hybridized carbons (Fsp3) is 0.846. The number of esters is 1. The number of carbonyl (C=O) groups excluding carboxylic acids is 2. The molecule has 0 aromatic heterocycles. The number of nitrogens with one attached hydrogen (secondary N) is 1. The molecule has 3 atom stereocenters. The normalized spacial score (nSPS) is 26.9. The summed E-state index contributed by atoms with van der Waals surface area (Å²) >= 11 is 0. The van der Waals surface area contributed by atoms with Crippen LogP contribution < -0.4 is 5.32 Å². The Morgan fingerprint density at radius 3 is 2.47 bits per heavy atom. The van der Waals surface area contributed by atoms with Crippen LogP contribution in [0.3, 0.4) is 0 Å². The van der Waals surface area contributed by atoms with Crippen LogP contribution in [-0.4, -0.2) is 41.5 Å². The highest BCUT2D eigenvalue weighted by atomic mass is 16.6. The van der Waals surface area contributed by atoms with Crippen molar-refractivity contribution in [1.29, 1.82) is 0 Å². The number of alkyl carbamates (subject to hydrolysis) is 1. The van der Waals surface area contributed by atoms with Gasteiger partial charge in [-0.3, -0.25) is 4.79 Å². The topological polar surface area (TPSA) is 84.9 Å². The van der Waals surface area contributed by atoms with Gasteiger partial charge in [-0.25, -0.2) is 4.79 Å². The van der Waals surface area contributed by atoms with E-state index >= 15 is 0 Å². The van der Waals surface area contributed by atoms with Crippen molar-refractivity contribution < 1.29 is 24.2 Å². The van der Waals surface area contributed by atoms with Crippen LogP contribution in [0.4, 0.5) is 4.79 Å². The number of aliphatic hydroxyl groups is 1. The maximum absolute atomic E-state index is 11.6. The molecule has 0 saturated heterocycles. The molecule has 0 radical (unpaired) electrons. The summed E-state index contributed by atoms with van der Waals surface area (Å²) in [5.41, 5.74) is -0.589. The molecular formula is C13H23NO5. The number of ether oxygens (including phenoxy) is 2. The summed E-state index contributed by atoms with van der Waals surface area (Å²) in [4.78, 5) is 23.2. The molecule has 2 N–H and O–H groups in total. The second-order valence-electron chi connectivity index (χ2n) is 5.74. The van der Waals surface area contributed by atoms with Gasteiger partial charge in [-0.15, -0.1) is 0 Å². The molecule has 0 aromatic rings. The first kappa shape index (κ1) is 15.8. The summed E-state index contributed by atoms with van der Waals surface area (Å²) in [5, 5.41) is 12.4. The Hall–Kier alpha value is -1.30. The van der Waals surface area contributed by atoms with Gasteiger partial charge in [-0.1, -0.05) is 0 Å². The molecule has 1 unspecified atom stereocenters. The van der Waals surface area contributed by atoms with E-state index in [4.69, 9.17) is 9.47 Å². The van der Waals surface area contributed by atoms with E-state index in [0.29, 0.717) is 19.4 Å². The number of carbonyl (C=O) groups is 2. The third-order valence-electron chi connectivity index (χ3n) is 2.85. The average molecular weight is 273 g/mol. The first-order valence-corrected chi connectivity index (χ1v) is 6.57. The Bertz CT molecular complexity index is 336. The van der Waals surface area contributed by atoms with Crippen molar-refractivity contribution in [1.82, 2.24) is 5.32 Å². The van der Waals surface area contributed by atoms with E-state index in [1.54, 1.807) is 27.7 Å². The Labute approximate surface area is 113 Å². The Balaban J connectivity index is 2.48. The molecule has 6 heteroatoms. The van der Waals surface area contributed by atoms with Crippen molar-refractivity contribution >= 4 is 12.1 Å². The van der Waals surface area contributed by atoms with Gasteiger partial charge < -0.3 is 19.9 Å². The number of aliphatic hydroxyl groups excluding tert-OH is 1. The summed E-state index contributed by atoms with van der Waals surface area (Å²) in [6.07, 6.45) is -0.651. The summed E-state index contributed by atoms with van der Waals surface area (Å²) in [7, 11) is 0. The average Bonchev–Trinajstić information content (AvgIpc) is 2.58. The van der Waals surface area contributed by atoms with Crippen LogP contribution in [0.5, 0.6) is 0 Å². The quantitative estimate of drug-likeness (QED) is 0.755. The highest BCUT2D eigenvalue weighted by Gasteiger charge is 2.39. The van der Waals surface area contributed by atoms with Crippen LogP contribution in [-0.2, 0) is 14.3 Å². The van der Waals surface area contributed by atoms with E-state index in [-0.39, 0.29) is 11.9 Å². The highest BCUT2D eigenvalue weighted by molar-refractivity contribution is 5.73. The molecule has 1 aliphatic rings. The zero-order valence-electron chi connectivity index (χ0n) is 11.9. The molecule has 0 heterocycles. The van der Waals surface area contributed by atoms with Crippen molar-refractivity contribution in [2.75, 3.05) is 6.61 Å². The van der Waals surface area contributed by atoms with Gasteiger partial charge in [0, 0.05) is 0 Å². The Kier molecular flexibility index (Phi) is 5.17. The maximum Gasteiger partial charge on any atom is 0.407 e. The maximum atomic E-state index is 11.6. The summed E-state index contributed by atoms with van der Waals surface area (Å²) in [5.74, 6) is -0.690. The zero-order valence-corrected chi connectivity index (χ0v) is 11.9. The first-order chi connectivity index (χ1) is 8.73. The second kappa shape index (κ2) is 6.23. The standard InChI is InChI=1S/C13H23NO5/c1-5-18-11(16)8-6-9(10(15)7-8)14-12(17)19-13(2,3)4/h8-10,15H,5-7H2,1-4H3,(H,14,17)/t8?,9-,10+/m0/s1. The van der Waals surface area contributed by atoms with E-state index in [9.17, 15) is 14.7 Å². The van der Waals surface area contributed by atoms with Gasteiger partial charge >= 0.3 is 12.1 Å². The van der Waals surface area contributed by atoms with Crippen LogP contribution in [0.15, 0.2) is 0 Å². The number of amides is 1. The van der Waals surface area contributed by atoms with Crippen LogP contribution in [0, 0.1) is 5.92 Å². The SMILES string of the molecule is CCOC(=O)C1C[C@@H](O)[C@@H](NC(=O)OC(C)(C)C)C1. The van der Waals surface area contributed by atoms with Crippen LogP contribution in [0.1, 0.15) is 40.5 Å². The lowest BCUT2D eigenvalue weighted by Gasteiger charge is -2.22. The molecule has 1 rings (SSSR count). The minimum absolute atomic E-state index is 0.305. The predicted octanol–water partition coefficient (Wildman–Crippen LogP) is 1.21. The van der Waals surface area contributed by atoms with E-state index < -0.39 is 23.8 Å². The molecule has 0 aromatic carbocycles. The summed E-state index contributed by atoms with van der Waals surface area (Å²) in [6, 6.07) is -0.468. The molecule has 0 bridgehead atoms. The number of hydrogen-bond acceptors (Lipinski definition) is 5. The summed E-state index contributed by atoms with van der Waals surface area (Å²) < 4.78 is 10.0. The third kappa shape index (κ3) is 5.06. The predicted molar refractivity (Wildman–Crippen MR) is 68.5 cm³/mol. The lowest BCUT2D eigenvalue weighted by atomic mass is 10.1. The van der Waals surface area contributed by atoms with Gasteiger partial charge in [-0.05, 0) is 40.5 Å². The van der Waals surface area contributed by atoms with E-state index in [1.165, 1.54) is 0 Å². The van der Waals surface area contributed by atoms with Crippen molar-refractivity contribution in [3.8, 4) is 0 Å². The van der Waals surface area contributed by atoms with Crippen molar-refractivity contribution in [2.45, 2.75) is 58.3 Å². The van der Waals surface area contributed by atoms with Crippen LogP contribution >= 0.6 is 0 Å². The molecule has 0 spiro atoms. The van der Waals surface area contributed by atoms with Gasteiger partial charge in [0.25, 0.3) is 0 Å². The molecule has 19 heavy (non-hydrogen) atoms. The first-order valence-electron chi connectivity index (χ1n) is 6.57. The monoisotopic (exact) mass is 273 g/mol. The minimum Gasteiger partial charge on any atom is -0.466 e. The molecule has 1 amide bonds. The lowest BCUT2D eigenvalue weighted by Crippen LogP contribution is -2.42. The molecule has 1 fully saturated rings. The zero-order chi connectivity index (χ0) is 14.6. The molecule has 110 valence electrons. The van der Waals surface area contributed by atoms with Crippen LogP contribution in [0.2, 0.25) is 0 Å². The Morgan fingerprint density at radius 2 is 1.95 bits per heavy atom.